The molecule has 0 spiro atoms. The van der Waals surface area contributed by atoms with Crippen molar-refractivity contribution >= 4 is 21.9 Å². The minimum absolute atomic E-state index is 0.471. The summed E-state index contributed by atoms with van der Waals surface area (Å²) in [5.74, 6) is 1.03. The Bertz CT molecular complexity index is 1540. The van der Waals surface area contributed by atoms with Gasteiger partial charge in [-0.1, -0.05) is 35.5 Å². The number of rotatable bonds is 4. The molecule has 0 radical (unpaired) electrons. The van der Waals surface area contributed by atoms with Crippen LogP contribution < -0.4 is 0 Å². The van der Waals surface area contributed by atoms with Gasteiger partial charge in [-0.15, -0.1) is 0 Å². The largest absolute Gasteiger partial charge is 0.334 e. The first-order valence-electron chi connectivity index (χ1n) is 10.0. The summed E-state index contributed by atoms with van der Waals surface area (Å²) in [7, 11) is 0. The van der Waals surface area contributed by atoms with Gasteiger partial charge in [-0.2, -0.15) is 10.1 Å². The first kappa shape index (κ1) is 17.6. The fraction of sp³-hybridized carbons (Fsp3) is 0.0833. The van der Waals surface area contributed by atoms with Crippen LogP contribution in [0, 0.1) is 6.92 Å². The molecule has 0 fully saturated rings. The van der Waals surface area contributed by atoms with Crippen molar-refractivity contribution in [1.82, 2.24) is 29.9 Å². The van der Waals surface area contributed by atoms with Crippen molar-refractivity contribution in [2.45, 2.75) is 13.5 Å². The van der Waals surface area contributed by atoms with E-state index in [0.29, 0.717) is 18.3 Å². The highest BCUT2D eigenvalue weighted by atomic mass is 16.5. The van der Waals surface area contributed by atoms with Crippen LogP contribution in [0.2, 0.25) is 0 Å². The molecule has 0 aliphatic heterocycles. The maximum atomic E-state index is 5.62. The van der Waals surface area contributed by atoms with Crippen molar-refractivity contribution in [1.29, 1.82) is 0 Å². The Morgan fingerprint density at radius 2 is 1.97 bits per heavy atom. The predicted octanol–water partition coefficient (Wildman–Crippen LogP) is 4.99. The third-order valence-corrected chi connectivity index (χ3v) is 5.42. The second-order valence-corrected chi connectivity index (χ2v) is 7.63. The van der Waals surface area contributed by atoms with Crippen LogP contribution in [0.5, 0.6) is 0 Å². The van der Waals surface area contributed by atoms with Crippen LogP contribution in [0.1, 0.15) is 11.1 Å². The van der Waals surface area contributed by atoms with Crippen LogP contribution in [0.15, 0.2) is 77.7 Å². The fourth-order valence-corrected chi connectivity index (χ4v) is 3.97. The molecule has 6 aromatic rings. The molecule has 0 saturated heterocycles. The molecule has 3 aromatic carbocycles. The highest BCUT2D eigenvalue weighted by Crippen LogP contribution is 2.29. The minimum atomic E-state index is 0.471. The lowest BCUT2D eigenvalue weighted by Crippen LogP contribution is -1.98. The van der Waals surface area contributed by atoms with Gasteiger partial charge < -0.3 is 9.09 Å². The minimum Gasteiger partial charge on any atom is -0.334 e. The molecule has 0 aliphatic carbocycles. The Hall–Kier alpha value is -4.26. The summed E-state index contributed by atoms with van der Waals surface area (Å²) in [4.78, 5) is 9.14. The van der Waals surface area contributed by atoms with E-state index in [-0.39, 0.29) is 0 Å². The highest BCUT2D eigenvalue weighted by Gasteiger charge is 2.15. The van der Waals surface area contributed by atoms with Crippen molar-refractivity contribution in [2.24, 2.45) is 0 Å². The summed E-state index contributed by atoms with van der Waals surface area (Å²) in [6, 6.07) is 20.4. The van der Waals surface area contributed by atoms with Gasteiger partial charge in [0.25, 0.3) is 5.89 Å². The van der Waals surface area contributed by atoms with Gasteiger partial charge in [-0.3, -0.25) is 5.10 Å². The van der Waals surface area contributed by atoms with Crippen molar-refractivity contribution < 1.29 is 4.52 Å². The van der Waals surface area contributed by atoms with E-state index < -0.39 is 0 Å². The molecule has 0 amide bonds. The van der Waals surface area contributed by atoms with Crippen LogP contribution in [-0.2, 0) is 6.54 Å². The van der Waals surface area contributed by atoms with Gasteiger partial charge in [-0.25, -0.2) is 4.98 Å². The van der Waals surface area contributed by atoms with E-state index in [9.17, 15) is 0 Å². The number of benzene rings is 3. The Balaban J connectivity index is 1.35. The number of H-pyrrole nitrogens is 1. The second-order valence-electron chi connectivity index (χ2n) is 7.63. The average Bonchev–Trinajstić information content (AvgIpc) is 3.53. The maximum Gasteiger partial charge on any atom is 0.260 e. The van der Waals surface area contributed by atoms with E-state index in [2.05, 4.69) is 54.2 Å². The molecular formula is C24H18N6O. The van der Waals surface area contributed by atoms with Gasteiger partial charge in [0.15, 0.2) is 0 Å². The SMILES string of the molecule is Cc1cc(-c2nc(-c3cccc(Cn4cnc5ccccc54)c3)no2)c2[nH]ncc2c1. The van der Waals surface area contributed by atoms with Crippen LogP contribution in [0.3, 0.4) is 0 Å². The van der Waals surface area contributed by atoms with Gasteiger partial charge in [0.05, 0.1) is 34.6 Å². The Morgan fingerprint density at radius 3 is 2.94 bits per heavy atom. The molecule has 0 bridgehead atoms. The van der Waals surface area contributed by atoms with E-state index in [0.717, 1.165) is 44.2 Å². The summed E-state index contributed by atoms with van der Waals surface area (Å²) in [5.41, 5.74) is 7.00. The van der Waals surface area contributed by atoms with Gasteiger partial charge in [-0.05, 0) is 48.4 Å². The number of imidazole rings is 1. The Labute approximate surface area is 177 Å². The van der Waals surface area contributed by atoms with Crippen molar-refractivity contribution in [3.63, 3.8) is 0 Å². The molecule has 7 heteroatoms. The number of aromatic nitrogens is 6. The first-order valence-corrected chi connectivity index (χ1v) is 10.0. The monoisotopic (exact) mass is 406 g/mol. The molecule has 150 valence electrons. The first-order chi connectivity index (χ1) is 15.2. The van der Waals surface area contributed by atoms with E-state index in [1.165, 1.54) is 0 Å². The number of hydrogen-bond acceptors (Lipinski definition) is 5. The van der Waals surface area contributed by atoms with Crippen molar-refractivity contribution in [3.05, 3.63) is 84.3 Å². The smallest absolute Gasteiger partial charge is 0.260 e. The molecule has 3 heterocycles. The number of aromatic amines is 1. The molecule has 0 aliphatic rings. The molecule has 0 unspecified atom stereocenters. The number of hydrogen-bond donors (Lipinski definition) is 1. The number of para-hydroxylation sites is 2. The number of nitrogens with one attached hydrogen (secondary N) is 1. The van der Waals surface area contributed by atoms with E-state index in [1.54, 1.807) is 6.20 Å². The highest BCUT2D eigenvalue weighted by molar-refractivity contribution is 5.92. The third kappa shape index (κ3) is 3.07. The molecule has 0 atom stereocenters. The standard InChI is InChI=1S/C24H18N6O/c1-15-9-18-12-26-28-22(18)19(10-15)24-27-23(29-31-24)17-6-4-5-16(11-17)13-30-14-25-20-7-2-3-8-21(20)30/h2-12,14H,13H2,1H3,(H,26,28). The van der Waals surface area contributed by atoms with Crippen molar-refractivity contribution in [2.75, 3.05) is 0 Å². The number of fused-ring (bicyclic) bond motifs is 2. The fourth-order valence-electron chi connectivity index (χ4n) is 3.97. The zero-order valence-corrected chi connectivity index (χ0v) is 16.8. The summed E-state index contributed by atoms with van der Waals surface area (Å²) in [6.45, 7) is 2.75. The molecule has 7 nitrogen and oxygen atoms in total. The molecular weight excluding hydrogens is 388 g/mol. The van der Waals surface area contributed by atoms with Crippen LogP contribution >= 0.6 is 0 Å². The molecule has 0 saturated carbocycles. The Kier molecular flexibility index (Phi) is 3.92. The summed E-state index contributed by atoms with van der Waals surface area (Å²) < 4.78 is 7.75. The summed E-state index contributed by atoms with van der Waals surface area (Å²) >= 11 is 0. The van der Waals surface area contributed by atoms with E-state index in [1.807, 2.05) is 49.6 Å². The molecule has 3 aromatic heterocycles. The number of aryl methyl sites for hydroxylation is 1. The zero-order valence-electron chi connectivity index (χ0n) is 16.8. The van der Waals surface area contributed by atoms with Gasteiger partial charge in [0.2, 0.25) is 5.82 Å². The van der Waals surface area contributed by atoms with E-state index >= 15 is 0 Å². The second kappa shape index (κ2) is 6.91. The van der Waals surface area contributed by atoms with Crippen LogP contribution in [0.4, 0.5) is 0 Å². The molecule has 1 N–H and O–H groups in total. The number of nitrogens with zero attached hydrogens (tertiary/aromatic N) is 5. The van der Waals surface area contributed by atoms with Crippen molar-refractivity contribution in [3.8, 4) is 22.8 Å². The maximum absolute atomic E-state index is 5.62. The van der Waals surface area contributed by atoms with Crippen LogP contribution in [0.25, 0.3) is 44.8 Å². The molecule has 31 heavy (non-hydrogen) atoms. The third-order valence-electron chi connectivity index (χ3n) is 5.42. The summed E-state index contributed by atoms with van der Waals surface area (Å²) in [6.07, 6.45) is 3.67. The summed E-state index contributed by atoms with van der Waals surface area (Å²) in [5, 5.41) is 12.4. The van der Waals surface area contributed by atoms with Gasteiger partial charge in [0, 0.05) is 17.5 Å². The van der Waals surface area contributed by atoms with Crippen LogP contribution in [-0.4, -0.2) is 29.9 Å². The average molecular weight is 406 g/mol. The van der Waals surface area contributed by atoms with Gasteiger partial charge in [0.1, 0.15) is 0 Å². The lowest BCUT2D eigenvalue weighted by Gasteiger charge is -2.05. The zero-order chi connectivity index (χ0) is 20.8. The van der Waals surface area contributed by atoms with Gasteiger partial charge >= 0.3 is 0 Å². The predicted molar refractivity (Wildman–Crippen MR) is 118 cm³/mol. The quantitative estimate of drug-likeness (QED) is 0.446. The molecule has 6 rings (SSSR count). The Morgan fingerprint density at radius 1 is 1.03 bits per heavy atom. The van der Waals surface area contributed by atoms with E-state index in [4.69, 9.17) is 4.52 Å². The topological polar surface area (TPSA) is 85.4 Å². The lowest BCUT2D eigenvalue weighted by molar-refractivity contribution is 0.432. The lowest BCUT2D eigenvalue weighted by atomic mass is 10.1. The normalized spacial score (nSPS) is 11.5.